The Hall–Kier alpha value is -2.40. The number of hydrogen-bond donors (Lipinski definition) is 2. The van der Waals surface area contributed by atoms with Crippen LogP contribution in [0, 0.1) is 5.92 Å². The average Bonchev–Trinajstić information content (AvgIpc) is 2.83. The summed E-state index contributed by atoms with van der Waals surface area (Å²) in [6.45, 7) is 5.70. The maximum atomic E-state index is 13.1. The van der Waals surface area contributed by atoms with Crippen molar-refractivity contribution in [2.45, 2.75) is 31.8 Å². The highest BCUT2D eigenvalue weighted by molar-refractivity contribution is 5.91. The van der Waals surface area contributed by atoms with Crippen LogP contribution in [-0.4, -0.2) is 117 Å². The van der Waals surface area contributed by atoms with Crippen LogP contribution in [0.25, 0.3) is 0 Å². The van der Waals surface area contributed by atoms with Crippen molar-refractivity contribution in [1.29, 1.82) is 0 Å². The Labute approximate surface area is 182 Å². The molecule has 0 radical (unpaired) electrons. The van der Waals surface area contributed by atoms with E-state index in [9.17, 15) is 19.2 Å². The molecule has 3 aliphatic rings. The number of piperidine rings is 1. The smallest absolute Gasteiger partial charge is 0.328 e. The first kappa shape index (κ1) is 23.3. The molecular formula is C20H33N5O6. The van der Waals surface area contributed by atoms with Crippen molar-refractivity contribution in [3.63, 3.8) is 0 Å². The quantitative estimate of drug-likeness (QED) is 0.519. The summed E-state index contributed by atoms with van der Waals surface area (Å²) in [5.41, 5.74) is 0. The zero-order chi connectivity index (χ0) is 22.4. The lowest BCUT2D eigenvalue weighted by Gasteiger charge is -2.44. The van der Waals surface area contributed by atoms with Gasteiger partial charge in [-0.3, -0.25) is 9.59 Å². The van der Waals surface area contributed by atoms with Crippen LogP contribution >= 0.6 is 0 Å². The van der Waals surface area contributed by atoms with Gasteiger partial charge in [-0.1, -0.05) is 0 Å². The highest BCUT2D eigenvalue weighted by Gasteiger charge is 2.41. The van der Waals surface area contributed by atoms with Gasteiger partial charge in [-0.2, -0.15) is 0 Å². The Balaban J connectivity index is 1.73. The zero-order valence-corrected chi connectivity index (χ0v) is 18.3. The number of hydrogen-bond acceptors (Lipinski definition) is 7. The number of nitrogens with zero attached hydrogens (tertiary/aromatic N) is 3. The zero-order valence-electron chi connectivity index (χ0n) is 18.3. The molecule has 0 aromatic carbocycles. The van der Waals surface area contributed by atoms with Gasteiger partial charge in [0.1, 0.15) is 12.1 Å². The Kier molecular flexibility index (Phi) is 8.08. The van der Waals surface area contributed by atoms with Crippen LogP contribution in [0.1, 0.15) is 19.8 Å². The Morgan fingerprint density at radius 2 is 1.71 bits per heavy atom. The molecule has 3 rings (SSSR count). The molecule has 0 spiro atoms. The fourth-order valence-corrected chi connectivity index (χ4v) is 4.25. The van der Waals surface area contributed by atoms with Gasteiger partial charge in [0.05, 0.1) is 26.9 Å². The van der Waals surface area contributed by atoms with Crippen LogP contribution < -0.4 is 10.6 Å². The second-order valence-corrected chi connectivity index (χ2v) is 8.15. The van der Waals surface area contributed by atoms with E-state index < -0.39 is 24.0 Å². The van der Waals surface area contributed by atoms with Crippen molar-refractivity contribution in [3.05, 3.63) is 0 Å². The average molecular weight is 440 g/mol. The number of carbonyl (C=O) groups excluding carboxylic acids is 4. The van der Waals surface area contributed by atoms with Crippen LogP contribution in [-0.2, 0) is 23.9 Å². The van der Waals surface area contributed by atoms with Gasteiger partial charge < -0.3 is 34.8 Å². The minimum Gasteiger partial charge on any atom is -0.467 e. The van der Waals surface area contributed by atoms with Gasteiger partial charge in [0.2, 0.25) is 11.8 Å². The molecule has 11 nitrogen and oxygen atoms in total. The normalized spacial score (nSPS) is 23.8. The fraction of sp³-hybridized carbons (Fsp3) is 0.800. The molecule has 0 aromatic heterocycles. The SMILES string of the molecule is COC(=O)[C@@H](C)NC(=O)[C@@H]1CN(C(=O)C2CCNCC2)CCN1C(=O)N1CCOCC1. The second-order valence-electron chi connectivity index (χ2n) is 8.15. The first-order valence-electron chi connectivity index (χ1n) is 10.9. The van der Waals surface area contributed by atoms with Crippen LogP contribution in [0.2, 0.25) is 0 Å². The summed E-state index contributed by atoms with van der Waals surface area (Å²) >= 11 is 0. The number of rotatable bonds is 4. The van der Waals surface area contributed by atoms with E-state index in [0.29, 0.717) is 32.8 Å². The number of urea groups is 1. The topological polar surface area (TPSA) is 121 Å². The number of piperazine rings is 1. The van der Waals surface area contributed by atoms with Gasteiger partial charge in [0.15, 0.2) is 0 Å². The first-order valence-corrected chi connectivity index (χ1v) is 10.9. The monoisotopic (exact) mass is 439 g/mol. The fourth-order valence-electron chi connectivity index (χ4n) is 4.25. The lowest BCUT2D eigenvalue weighted by Crippen LogP contribution is -2.65. The predicted molar refractivity (Wildman–Crippen MR) is 110 cm³/mol. The van der Waals surface area contributed by atoms with Crippen LogP contribution in [0.5, 0.6) is 0 Å². The van der Waals surface area contributed by atoms with E-state index in [1.165, 1.54) is 18.9 Å². The third-order valence-corrected chi connectivity index (χ3v) is 6.12. The maximum absolute atomic E-state index is 13.1. The van der Waals surface area contributed by atoms with Crippen molar-refractivity contribution in [2.75, 3.05) is 66.1 Å². The van der Waals surface area contributed by atoms with Crippen molar-refractivity contribution < 1.29 is 28.7 Å². The van der Waals surface area contributed by atoms with E-state index in [1.807, 2.05) is 0 Å². The molecule has 4 amide bonds. The van der Waals surface area contributed by atoms with Crippen molar-refractivity contribution in [2.24, 2.45) is 5.92 Å². The van der Waals surface area contributed by atoms with E-state index in [0.717, 1.165) is 25.9 Å². The molecule has 3 fully saturated rings. The minimum absolute atomic E-state index is 0.0267. The standard InChI is InChI=1S/C20H33N5O6/c1-14(19(28)30-2)22-17(26)16-13-24(18(27)15-3-5-21-6-4-15)7-8-25(16)20(29)23-9-11-31-12-10-23/h14-16,21H,3-13H2,1-2H3,(H,22,26)/t14-,16+/m1/s1. The third kappa shape index (κ3) is 5.65. The Morgan fingerprint density at radius 1 is 1.03 bits per heavy atom. The molecular weight excluding hydrogens is 406 g/mol. The molecule has 3 saturated heterocycles. The summed E-state index contributed by atoms with van der Waals surface area (Å²) in [6.07, 6.45) is 1.53. The highest BCUT2D eigenvalue weighted by Crippen LogP contribution is 2.20. The minimum atomic E-state index is -0.873. The van der Waals surface area contributed by atoms with Gasteiger partial charge in [0.25, 0.3) is 0 Å². The number of nitrogens with one attached hydrogen (secondary N) is 2. The Morgan fingerprint density at radius 3 is 2.35 bits per heavy atom. The van der Waals surface area contributed by atoms with Gasteiger partial charge in [-0.15, -0.1) is 0 Å². The highest BCUT2D eigenvalue weighted by atomic mass is 16.5. The molecule has 0 aromatic rings. The van der Waals surface area contributed by atoms with E-state index in [1.54, 1.807) is 9.80 Å². The third-order valence-electron chi connectivity index (χ3n) is 6.12. The summed E-state index contributed by atoms with van der Waals surface area (Å²) in [6, 6.07) is -1.97. The summed E-state index contributed by atoms with van der Waals surface area (Å²) < 4.78 is 10.00. The van der Waals surface area contributed by atoms with Crippen molar-refractivity contribution in [3.8, 4) is 0 Å². The summed E-state index contributed by atoms with van der Waals surface area (Å²) in [7, 11) is 1.25. The van der Waals surface area contributed by atoms with Gasteiger partial charge in [-0.05, 0) is 32.9 Å². The first-order chi connectivity index (χ1) is 14.9. The molecule has 0 aliphatic carbocycles. The van der Waals surface area contributed by atoms with E-state index in [4.69, 9.17) is 4.74 Å². The van der Waals surface area contributed by atoms with E-state index in [-0.39, 0.29) is 30.9 Å². The number of methoxy groups -OCH3 is 1. The van der Waals surface area contributed by atoms with Crippen LogP contribution in [0.4, 0.5) is 4.79 Å². The molecule has 0 bridgehead atoms. The predicted octanol–water partition coefficient (Wildman–Crippen LogP) is -1.37. The largest absolute Gasteiger partial charge is 0.467 e. The molecule has 0 saturated carbocycles. The van der Waals surface area contributed by atoms with Gasteiger partial charge >= 0.3 is 12.0 Å². The lowest BCUT2D eigenvalue weighted by molar-refractivity contribution is -0.147. The molecule has 0 unspecified atom stereocenters. The maximum Gasteiger partial charge on any atom is 0.328 e. The van der Waals surface area contributed by atoms with Gasteiger partial charge in [0, 0.05) is 32.1 Å². The van der Waals surface area contributed by atoms with E-state index >= 15 is 0 Å². The number of morpholine rings is 1. The number of ether oxygens (including phenoxy) is 2. The van der Waals surface area contributed by atoms with Crippen LogP contribution in [0.3, 0.4) is 0 Å². The number of esters is 1. The van der Waals surface area contributed by atoms with E-state index in [2.05, 4.69) is 15.4 Å². The molecule has 3 aliphatic heterocycles. The molecule has 11 heteroatoms. The Bertz CT molecular complexity index is 677. The second kappa shape index (κ2) is 10.8. The lowest BCUT2D eigenvalue weighted by atomic mass is 9.95. The van der Waals surface area contributed by atoms with Crippen molar-refractivity contribution in [1.82, 2.24) is 25.3 Å². The molecule has 2 N–H and O–H groups in total. The summed E-state index contributed by atoms with van der Waals surface area (Å²) in [5.74, 6) is -1.08. The molecule has 31 heavy (non-hydrogen) atoms. The molecule has 2 atom stereocenters. The summed E-state index contributed by atoms with van der Waals surface area (Å²) in [4.78, 5) is 55.9. The molecule has 174 valence electrons. The summed E-state index contributed by atoms with van der Waals surface area (Å²) in [5, 5.41) is 5.88. The number of amides is 4. The van der Waals surface area contributed by atoms with Gasteiger partial charge in [-0.25, -0.2) is 9.59 Å². The molecule has 3 heterocycles. The number of carbonyl (C=O) groups is 4. The van der Waals surface area contributed by atoms with Crippen molar-refractivity contribution >= 4 is 23.8 Å². The van der Waals surface area contributed by atoms with Crippen LogP contribution in [0.15, 0.2) is 0 Å².